The van der Waals surface area contributed by atoms with Gasteiger partial charge in [-0.15, -0.1) is 0 Å². The second kappa shape index (κ2) is 7.16. The fourth-order valence-corrected chi connectivity index (χ4v) is 5.87. The Morgan fingerprint density at radius 1 is 1.11 bits per heavy atom. The summed E-state index contributed by atoms with van der Waals surface area (Å²) in [6.45, 7) is 3.74. The first-order valence-electron chi connectivity index (χ1n) is 8.89. The lowest BCUT2D eigenvalue weighted by Gasteiger charge is -2.09. The molecule has 1 aliphatic carbocycles. The van der Waals surface area contributed by atoms with E-state index >= 15 is 0 Å². The summed E-state index contributed by atoms with van der Waals surface area (Å²) in [6.07, 6.45) is 0.845. The molecule has 1 aliphatic rings. The lowest BCUT2D eigenvalue weighted by Crippen LogP contribution is -2.25. The van der Waals surface area contributed by atoms with Crippen molar-refractivity contribution in [3.8, 4) is 6.07 Å². The molecule has 0 heterocycles. The van der Waals surface area contributed by atoms with Crippen molar-refractivity contribution < 1.29 is 17.9 Å². The Labute approximate surface area is 159 Å². The number of ether oxygens (including phenoxy) is 1. The molecule has 0 saturated heterocycles. The van der Waals surface area contributed by atoms with E-state index in [1.165, 1.54) is 12.1 Å². The molecular formula is C21H21NO4S. The number of nitrogens with zero attached hydrogens (tertiary/aromatic N) is 1. The summed E-state index contributed by atoms with van der Waals surface area (Å²) in [4.78, 5) is 12.7. The maximum atomic E-state index is 13.2. The standard InChI is InChI=1S/C21H21NO4S/c1-3-15-10-12-16(13-11-15)18-19(21(18,14-22)20(23)26-4-2)27(24,25)17-8-6-5-7-9-17/h5-13,18-19H,3-4H2,1-2H3/t18-,19+,21+/m0/s1. The zero-order chi connectivity index (χ0) is 19.7. The number of aryl methyl sites for hydroxylation is 1. The van der Waals surface area contributed by atoms with Crippen LogP contribution in [0.2, 0.25) is 0 Å². The van der Waals surface area contributed by atoms with Gasteiger partial charge in [0.05, 0.1) is 17.6 Å². The van der Waals surface area contributed by atoms with Gasteiger partial charge in [-0.05, 0) is 36.6 Å². The van der Waals surface area contributed by atoms with Crippen molar-refractivity contribution in [1.82, 2.24) is 0 Å². The number of hydrogen-bond acceptors (Lipinski definition) is 5. The number of nitriles is 1. The zero-order valence-electron chi connectivity index (χ0n) is 15.3. The molecule has 6 heteroatoms. The molecule has 3 atom stereocenters. The maximum Gasteiger partial charge on any atom is 0.328 e. The van der Waals surface area contributed by atoms with E-state index in [1.54, 1.807) is 37.3 Å². The predicted octanol–water partition coefficient (Wildman–Crippen LogP) is 3.26. The quantitative estimate of drug-likeness (QED) is 0.715. The molecule has 0 amide bonds. The van der Waals surface area contributed by atoms with Gasteiger partial charge >= 0.3 is 5.97 Å². The van der Waals surface area contributed by atoms with E-state index < -0.39 is 32.4 Å². The topological polar surface area (TPSA) is 84.2 Å². The van der Waals surface area contributed by atoms with Crippen molar-refractivity contribution in [2.24, 2.45) is 5.41 Å². The number of rotatable bonds is 6. The van der Waals surface area contributed by atoms with Gasteiger partial charge in [0.2, 0.25) is 0 Å². The normalized spacial score (nSPS) is 24.0. The highest BCUT2D eigenvalue weighted by Crippen LogP contribution is 2.64. The fourth-order valence-electron chi connectivity index (χ4n) is 3.61. The Bertz CT molecular complexity index is 977. The van der Waals surface area contributed by atoms with Gasteiger partial charge in [-0.3, -0.25) is 4.79 Å². The Balaban J connectivity index is 2.11. The van der Waals surface area contributed by atoms with Crippen molar-refractivity contribution in [3.63, 3.8) is 0 Å². The maximum absolute atomic E-state index is 13.2. The van der Waals surface area contributed by atoms with Crippen molar-refractivity contribution in [3.05, 3.63) is 65.7 Å². The molecule has 140 valence electrons. The number of hydrogen-bond donors (Lipinski definition) is 0. The van der Waals surface area contributed by atoms with Crippen LogP contribution in [0.1, 0.15) is 30.9 Å². The van der Waals surface area contributed by atoms with E-state index in [2.05, 4.69) is 0 Å². The summed E-state index contributed by atoms with van der Waals surface area (Å²) in [5, 5.41) is 8.69. The van der Waals surface area contributed by atoms with Crippen LogP contribution in [0.3, 0.4) is 0 Å². The van der Waals surface area contributed by atoms with Crippen LogP contribution in [0, 0.1) is 16.7 Å². The third-order valence-electron chi connectivity index (χ3n) is 5.08. The van der Waals surface area contributed by atoms with Crippen LogP contribution < -0.4 is 0 Å². The molecular weight excluding hydrogens is 362 g/mol. The second-order valence-corrected chi connectivity index (χ2v) is 8.62. The number of esters is 1. The van der Waals surface area contributed by atoms with E-state index in [9.17, 15) is 18.5 Å². The van der Waals surface area contributed by atoms with Crippen molar-refractivity contribution >= 4 is 15.8 Å². The van der Waals surface area contributed by atoms with E-state index in [4.69, 9.17) is 4.74 Å². The van der Waals surface area contributed by atoms with Gasteiger partial charge in [0, 0.05) is 5.92 Å². The van der Waals surface area contributed by atoms with Gasteiger partial charge in [0.25, 0.3) is 0 Å². The van der Waals surface area contributed by atoms with Crippen LogP contribution in [-0.2, 0) is 25.8 Å². The van der Waals surface area contributed by atoms with Gasteiger partial charge < -0.3 is 4.74 Å². The molecule has 27 heavy (non-hydrogen) atoms. The minimum Gasteiger partial charge on any atom is -0.465 e. The molecule has 0 bridgehead atoms. The molecule has 2 aromatic rings. The van der Waals surface area contributed by atoms with E-state index in [0.717, 1.165) is 12.0 Å². The number of sulfone groups is 1. The van der Waals surface area contributed by atoms with Crippen LogP contribution in [-0.4, -0.2) is 26.2 Å². The van der Waals surface area contributed by atoms with E-state index in [1.807, 2.05) is 25.1 Å². The minimum absolute atomic E-state index is 0.0852. The molecule has 0 spiro atoms. The van der Waals surface area contributed by atoms with Gasteiger partial charge in [-0.1, -0.05) is 49.4 Å². The van der Waals surface area contributed by atoms with Crippen LogP contribution in [0.15, 0.2) is 59.5 Å². The van der Waals surface area contributed by atoms with Crippen molar-refractivity contribution in [1.29, 1.82) is 5.26 Å². The zero-order valence-corrected chi connectivity index (χ0v) is 16.1. The molecule has 0 radical (unpaired) electrons. The Morgan fingerprint density at radius 2 is 1.74 bits per heavy atom. The van der Waals surface area contributed by atoms with Gasteiger partial charge in [-0.2, -0.15) is 5.26 Å². The lowest BCUT2D eigenvalue weighted by molar-refractivity contribution is -0.147. The lowest BCUT2D eigenvalue weighted by atomic mass is 9.99. The molecule has 0 N–H and O–H groups in total. The molecule has 0 aromatic heterocycles. The highest BCUT2D eigenvalue weighted by atomic mass is 32.2. The summed E-state index contributed by atoms with van der Waals surface area (Å²) >= 11 is 0. The summed E-state index contributed by atoms with van der Waals surface area (Å²) in [5.74, 6) is -1.53. The molecule has 1 saturated carbocycles. The van der Waals surface area contributed by atoms with Crippen LogP contribution >= 0.6 is 0 Å². The summed E-state index contributed by atoms with van der Waals surface area (Å²) in [7, 11) is -3.89. The highest BCUT2D eigenvalue weighted by molar-refractivity contribution is 7.92. The van der Waals surface area contributed by atoms with Gasteiger partial charge in [0.15, 0.2) is 15.3 Å². The first-order chi connectivity index (χ1) is 12.9. The molecule has 2 aromatic carbocycles. The van der Waals surface area contributed by atoms with Crippen LogP contribution in [0.5, 0.6) is 0 Å². The smallest absolute Gasteiger partial charge is 0.328 e. The highest BCUT2D eigenvalue weighted by Gasteiger charge is 2.77. The van der Waals surface area contributed by atoms with E-state index in [-0.39, 0.29) is 11.5 Å². The largest absolute Gasteiger partial charge is 0.465 e. The van der Waals surface area contributed by atoms with Crippen molar-refractivity contribution in [2.45, 2.75) is 36.3 Å². The minimum atomic E-state index is -3.89. The van der Waals surface area contributed by atoms with Crippen molar-refractivity contribution in [2.75, 3.05) is 6.61 Å². The third-order valence-corrected chi connectivity index (χ3v) is 7.33. The Morgan fingerprint density at radius 3 is 2.26 bits per heavy atom. The third kappa shape index (κ3) is 3.02. The fraction of sp³-hybridized carbons (Fsp3) is 0.333. The molecule has 0 unspecified atom stereocenters. The Kier molecular flexibility index (Phi) is 5.07. The van der Waals surface area contributed by atoms with Gasteiger partial charge in [0.1, 0.15) is 5.25 Å². The first kappa shape index (κ1) is 19.1. The molecule has 1 fully saturated rings. The molecule has 0 aliphatic heterocycles. The molecule has 3 rings (SSSR count). The summed E-state index contributed by atoms with van der Waals surface area (Å²) in [6, 6.07) is 17.3. The molecule has 5 nitrogen and oxygen atoms in total. The SMILES string of the molecule is CCOC(=O)[C@@]1(C#N)[C@H](S(=O)(=O)c2ccccc2)[C@@H]1c1ccc(CC)cc1. The monoisotopic (exact) mass is 383 g/mol. The summed E-state index contributed by atoms with van der Waals surface area (Å²) in [5.41, 5.74) is 0.0326. The van der Waals surface area contributed by atoms with Crippen LogP contribution in [0.25, 0.3) is 0 Å². The average Bonchev–Trinajstić information content (AvgIpc) is 3.40. The Hall–Kier alpha value is -2.65. The van der Waals surface area contributed by atoms with E-state index in [0.29, 0.717) is 5.56 Å². The predicted molar refractivity (Wildman–Crippen MR) is 101 cm³/mol. The van der Waals surface area contributed by atoms with Gasteiger partial charge in [-0.25, -0.2) is 8.42 Å². The second-order valence-electron chi connectivity index (χ2n) is 6.55. The average molecular weight is 383 g/mol. The number of carbonyl (C=O) groups is 1. The summed E-state index contributed by atoms with van der Waals surface area (Å²) < 4.78 is 31.5. The number of benzene rings is 2. The number of carbonyl (C=O) groups excluding carboxylic acids is 1. The first-order valence-corrected chi connectivity index (χ1v) is 10.4. The van der Waals surface area contributed by atoms with Crippen LogP contribution in [0.4, 0.5) is 0 Å².